The number of imide groups is 1. The summed E-state index contributed by atoms with van der Waals surface area (Å²) >= 11 is 21.1. The van der Waals surface area contributed by atoms with Crippen LogP contribution >= 0.6 is 69.2 Å². The maximum absolute atomic E-state index is 13.0. The standard InChI is InChI=1S/C26H19Cl3INO4S/c1-2-34-22-11-17(10-21(30)24(22)35-14-15-3-6-18(27)7-4-15)12-23-25(32)31(26(33)36-23)13-16-5-8-19(28)20(29)9-16/h3-12H,2,13-14H2,1H3/b23-12+. The molecule has 2 amide bonds. The molecule has 0 aliphatic carbocycles. The summed E-state index contributed by atoms with van der Waals surface area (Å²) in [6, 6.07) is 16.1. The summed E-state index contributed by atoms with van der Waals surface area (Å²) in [6.45, 7) is 2.78. The predicted molar refractivity (Wildman–Crippen MR) is 154 cm³/mol. The molecular formula is C26H19Cl3INO4S. The zero-order valence-electron chi connectivity index (χ0n) is 18.9. The van der Waals surface area contributed by atoms with E-state index in [-0.39, 0.29) is 17.7 Å². The van der Waals surface area contributed by atoms with Crippen molar-refractivity contribution in [1.82, 2.24) is 4.90 Å². The Bertz CT molecular complexity index is 1350. The summed E-state index contributed by atoms with van der Waals surface area (Å²) in [5, 5.41) is 1.09. The van der Waals surface area contributed by atoms with Crippen molar-refractivity contribution in [2.24, 2.45) is 0 Å². The molecule has 1 aliphatic heterocycles. The molecule has 0 saturated carbocycles. The van der Waals surface area contributed by atoms with Gasteiger partial charge in [-0.1, -0.05) is 53.0 Å². The predicted octanol–water partition coefficient (Wildman–Crippen LogP) is 8.47. The number of carbonyl (C=O) groups excluding carboxylic acids is 2. The third-order valence-corrected chi connectivity index (χ3v) is 7.82. The molecule has 10 heteroatoms. The number of amides is 2. The summed E-state index contributed by atoms with van der Waals surface area (Å²) in [4.78, 5) is 27.1. The first kappa shape index (κ1) is 27.1. The molecule has 0 atom stereocenters. The molecule has 0 spiro atoms. The van der Waals surface area contributed by atoms with Gasteiger partial charge in [0.2, 0.25) is 0 Å². The minimum Gasteiger partial charge on any atom is -0.490 e. The summed E-state index contributed by atoms with van der Waals surface area (Å²) in [5.41, 5.74) is 2.41. The van der Waals surface area contributed by atoms with E-state index in [1.807, 2.05) is 37.3 Å². The molecule has 0 aromatic heterocycles. The summed E-state index contributed by atoms with van der Waals surface area (Å²) in [5.74, 6) is 0.795. The summed E-state index contributed by atoms with van der Waals surface area (Å²) in [7, 11) is 0. The first-order valence-corrected chi connectivity index (χ1v) is 13.8. The van der Waals surface area contributed by atoms with Gasteiger partial charge in [0.25, 0.3) is 11.1 Å². The highest BCUT2D eigenvalue weighted by atomic mass is 127. The number of hydrogen-bond donors (Lipinski definition) is 0. The van der Waals surface area contributed by atoms with Gasteiger partial charge < -0.3 is 9.47 Å². The molecule has 0 unspecified atom stereocenters. The van der Waals surface area contributed by atoms with Crippen molar-refractivity contribution >= 4 is 86.4 Å². The lowest BCUT2D eigenvalue weighted by Gasteiger charge is -2.15. The van der Waals surface area contributed by atoms with Gasteiger partial charge in [-0.3, -0.25) is 14.5 Å². The fourth-order valence-corrected chi connectivity index (χ4v) is 5.48. The van der Waals surface area contributed by atoms with E-state index in [9.17, 15) is 9.59 Å². The Morgan fingerprint density at radius 1 is 0.944 bits per heavy atom. The molecule has 3 aromatic carbocycles. The zero-order chi connectivity index (χ0) is 25.8. The smallest absolute Gasteiger partial charge is 0.293 e. The lowest BCUT2D eigenvalue weighted by molar-refractivity contribution is -0.123. The highest BCUT2D eigenvalue weighted by Crippen LogP contribution is 2.38. The van der Waals surface area contributed by atoms with E-state index in [4.69, 9.17) is 44.3 Å². The fourth-order valence-electron chi connectivity index (χ4n) is 3.42. The van der Waals surface area contributed by atoms with Crippen molar-refractivity contribution < 1.29 is 19.1 Å². The van der Waals surface area contributed by atoms with Gasteiger partial charge in [-0.2, -0.15) is 0 Å². The van der Waals surface area contributed by atoms with Crippen LogP contribution in [-0.4, -0.2) is 22.7 Å². The van der Waals surface area contributed by atoms with Crippen LogP contribution in [0.4, 0.5) is 4.79 Å². The van der Waals surface area contributed by atoms with Crippen LogP contribution in [0, 0.1) is 3.57 Å². The second-order valence-corrected chi connectivity index (χ2v) is 11.1. The number of nitrogens with zero attached hydrogens (tertiary/aromatic N) is 1. The number of thioether (sulfide) groups is 1. The first-order chi connectivity index (χ1) is 17.2. The van der Waals surface area contributed by atoms with Crippen molar-refractivity contribution in [1.29, 1.82) is 0 Å². The lowest BCUT2D eigenvalue weighted by atomic mass is 10.1. The van der Waals surface area contributed by atoms with E-state index in [2.05, 4.69) is 22.6 Å². The molecule has 0 N–H and O–H groups in total. The first-order valence-electron chi connectivity index (χ1n) is 10.8. The second-order valence-electron chi connectivity index (χ2n) is 7.69. The highest BCUT2D eigenvalue weighted by molar-refractivity contribution is 14.1. The van der Waals surface area contributed by atoms with Gasteiger partial charge in [-0.25, -0.2) is 0 Å². The third-order valence-electron chi connectivity index (χ3n) is 5.12. The Kier molecular flexibility index (Phi) is 9.11. The molecule has 1 aliphatic rings. The van der Waals surface area contributed by atoms with Crippen LogP contribution in [0.1, 0.15) is 23.6 Å². The number of rotatable bonds is 8. The zero-order valence-corrected chi connectivity index (χ0v) is 24.1. The quantitative estimate of drug-likeness (QED) is 0.177. The molecule has 1 heterocycles. The van der Waals surface area contributed by atoms with Gasteiger partial charge in [0.1, 0.15) is 6.61 Å². The lowest BCUT2D eigenvalue weighted by Crippen LogP contribution is -2.27. The van der Waals surface area contributed by atoms with Crippen LogP contribution in [0.15, 0.2) is 59.5 Å². The molecule has 5 nitrogen and oxygen atoms in total. The monoisotopic (exact) mass is 673 g/mol. The van der Waals surface area contributed by atoms with Gasteiger partial charge in [-0.15, -0.1) is 0 Å². The average molecular weight is 675 g/mol. The third kappa shape index (κ3) is 6.50. The SMILES string of the molecule is CCOc1cc(/C=C2/SC(=O)N(Cc3ccc(Cl)c(Cl)c3)C2=O)cc(I)c1OCc1ccc(Cl)cc1. The van der Waals surface area contributed by atoms with Crippen molar-refractivity contribution in [3.8, 4) is 11.5 Å². The van der Waals surface area contributed by atoms with E-state index < -0.39 is 0 Å². The van der Waals surface area contributed by atoms with Crippen molar-refractivity contribution in [2.45, 2.75) is 20.1 Å². The fraction of sp³-hybridized carbons (Fsp3) is 0.154. The average Bonchev–Trinajstić information content (AvgIpc) is 3.09. The van der Waals surface area contributed by atoms with Crippen molar-refractivity contribution in [3.05, 3.63) is 94.8 Å². The summed E-state index contributed by atoms with van der Waals surface area (Å²) in [6.07, 6.45) is 1.69. The van der Waals surface area contributed by atoms with E-state index in [0.29, 0.717) is 50.2 Å². The molecule has 0 radical (unpaired) electrons. The molecule has 36 heavy (non-hydrogen) atoms. The maximum Gasteiger partial charge on any atom is 0.293 e. The van der Waals surface area contributed by atoms with Crippen LogP contribution in [0.25, 0.3) is 6.08 Å². The van der Waals surface area contributed by atoms with Crippen LogP contribution in [0.5, 0.6) is 11.5 Å². The maximum atomic E-state index is 13.0. The minimum atomic E-state index is -0.368. The molecule has 1 saturated heterocycles. The second kappa shape index (κ2) is 12.1. The number of carbonyl (C=O) groups is 2. The molecule has 3 aromatic rings. The van der Waals surface area contributed by atoms with Crippen LogP contribution in [-0.2, 0) is 17.9 Å². The Balaban J connectivity index is 1.54. The normalized spacial score (nSPS) is 14.6. The van der Waals surface area contributed by atoms with E-state index in [0.717, 1.165) is 26.5 Å². The van der Waals surface area contributed by atoms with E-state index in [1.54, 1.807) is 30.3 Å². The number of halogens is 4. The highest BCUT2D eigenvalue weighted by Gasteiger charge is 2.35. The number of hydrogen-bond acceptors (Lipinski definition) is 5. The van der Waals surface area contributed by atoms with E-state index >= 15 is 0 Å². The van der Waals surface area contributed by atoms with Crippen molar-refractivity contribution in [2.75, 3.05) is 6.61 Å². The topological polar surface area (TPSA) is 55.8 Å². The van der Waals surface area contributed by atoms with Gasteiger partial charge in [0.15, 0.2) is 11.5 Å². The van der Waals surface area contributed by atoms with Gasteiger partial charge in [0, 0.05) is 5.02 Å². The summed E-state index contributed by atoms with van der Waals surface area (Å²) < 4.78 is 12.7. The van der Waals surface area contributed by atoms with Crippen LogP contribution in [0.3, 0.4) is 0 Å². The van der Waals surface area contributed by atoms with Crippen LogP contribution < -0.4 is 9.47 Å². The van der Waals surface area contributed by atoms with Gasteiger partial charge in [-0.05, 0) is 100 Å². The van der Waals surface area contributed by atoms with Crippen LogP contribution in [0.2, 0.25) is 15.1 Å². The molecule has 4 rings (SSSR count). The van der Waals surface area contributed by atoms with Crippen molar-refractivity contribution in [3.63, 3.8) is 0 Å². The molecule has 0 bridgehead atoms. The van der Waals surface area contributed by atoms with Gasteiger partial charge in [0.05, 0.1) is 31.7 Å². The molecule has 1 fully saturated rings. The molecule has 186 valence electrons. The van der Waals surface area contributed by atoms with Gasteiger partial charge >= 0.3 is 0 Å². The Morgan fingerprint density at radius 3 is 2.36 bits per heavy atom. The Hall–Kier alpha value is -1.91. The van der Waals surface area contributed by atoms with E-state index in [1.165, 1.54) is 4.90 Å². The largest absolute Gasteiger partial charge is 0.490 e. The molecular weight excluding hydrogens is 656 g/mol. The number of benzene rings is 3. The Morgan fingerprint density at radius 2 is 1.67 bits per heavy atom. The Labute approximate surface area is 241 Å². The number of ether oxygens (including phenoxy) is 2. The minimum absolute atomic E-state index is 0.109.